The lowest BCUT2D eigenvalue weighted by Gasteiger charge is -2.30. The Kier molecular flexibility index (Phi) is 10.9. The third-order valence-electron chi connectivity index (χ3n) is 7.11. The van der Waals surface area contributed by atoms with Gasteiger partial charge in [-0.25, -0.2) is 19.2 Å². The Bertz CT molecular complexity index is 1240. The molecule has 1 saturated carbocycles. The van der Waals surface area contributed by atoms with E-state index in [9.17, 15) is 14.7 Å². The Morgan fingerprint density at radius 3 is 2.30 bits per heavy atom. The number of pyridine rings is 1. The highest BCUT2D eigenvalue weighted by Gasteiger charge is 2.34. The highest BCUT2D eigenvalue weighted by atomic mass is 16.6. The number of nitrogens with one attached hydrogen (secondary N) is 1. The molecule has 1 aliphatic rings. The second-order valence-electron chi connectivity index (χ2n) is 14.8. The predicted octanol–water partition coefficient (Wildman–Crippen LogP) is 7.36. The van der Waals surface area contributed by atoms with Crippen LogP contribution in [0.5, 0.6) is 0 Å². The zero-order valence-corrected chi connectivity index (χ0v) is 27.9. The number of alkyl carbamates (subject to hydrolysis) is 1. The number of amides is 2. The van der Waals surface area contributed by atoms with E-state index in [0.717, 1.165) is 49.9 Å². The predicted molar refractivity (Wildman–Crippen MR) is 169 cm³/mol. The number of hydrogen-bond donors (Lipinski definition) is 2. The largest absolute Gasteiger partial charge is 0.444 e. The number of aliphatic hydroxyl groups excluding tert-OH is 1. The highest BCUT2D eigenvalue weighted by Crippen LogP contribution is 2.39. The van der Waals surface area contributed by atoms with Gasteiger partial charge in [-0.05, 0) is 120 Å². The summed E-state index contributed by atoms with van der Waals surface area (Å²) in [5.41, 5.74) is 0.755. The van der Waals surface area contributed by atoms with Crippen LogP contribution >= 0.6 is 0 Å². The van der Waals surface area contributed by atoms with Crippen LogP contribution in [0, 0.1) is 0 Å². The Morgan fingerprint density at radius 2 is 1.72 bits per heavy atom. The number of unbranched alkanes of at least 4 members (excludes halogenated alkanes) is 1. The molecular weight excluding hydrogens is 546 g/mol. The molecule has 1 aliphatic carbocycles. The first-order valence-electron chi connectivity index (χ1n) is 15.6. The zero-order valence-electron chi connectivity index (χ0n) is 27.9. The lowest BCUT2D eigenvalue weighted by atomic mass is 10.0. The lowest BCUT2D eigenvalue weighted by molar-refractivity contribution is 0.0504. The molecule has 2 heterocycles. The fraction of sp³-hybridized carbons (Fsp3) is 0.697. The first-order chi connectivity index (χ1) is 19.8. The van der Waals surface area contributed by atoms with Crippen molar-refractivity contribution in [3.63, 3.8) is 0 Å². The van der Waals surface area contributed by atoms with Gasteiger partial charge in [0.1, 0.15) is 17.0 Å². The molecule has 0 unspecified atom stereocenters. The van der Waals surface area contributed by atoms with Crippen LogP contribution < -0.4 is 10.2 Å². The number of rotatable bonds is 9. The lowest BCUT2D eigenvalue weighted by Crippen LogP contribution is -2.37. The van der Waals surface area contributed by atoms with E-state index in [1.807, 2.05) is 71.3 Å². The second kappa shape index (κ2) is 13.7. The summed E-state index contributed by atoms with van der Waals surface area (Å²) in [6.07, 6.45) is 6.08. The van der Waals surface area contributed by atoms with Gasteiger partial charge in [-0.2, -0.15) is 5.10 Å². The van der Waals surface area contributed by atoms with E-state index in [4.69, 9.17) is 14.6 Å². The summed E-state index contributed by atoms with van der Waals surface area (Å²) in [6, 6.07) is 5.71. The van der Waals surface area contributed by atoms with E-state index < -0.39 is 28.9 Å². The summed E-state index contributed by atoms with van der Waals surface area (Å²) < 4.78 is 13.1. The van der Waals surface area contributed by atoms with Crippen molar-refractivity contribution in [2.24, 2.45) is 0 Å². The van der Waals surface area contributed by atoms with Crippen molar-refractivity contribution < 1.29 is 24.2 Å². The van der Waals surface area contributed by atoms with Crippen LogP contribution in [0.4, 0.5) is 21.1 Å². The van der Waals surface area contributed by atoms with Crippen molar-refractivity contribution >= 4 is 23.7 Å². The number of anilines is 2. The van der Waals surface area contributed by atoms with Crippen LogP contribution in [0.15, 0.2) is 24.4 Å². The molecule has 2 amide bonds. The first-order valence-corrected chi connectivity index (χ1v) is 15.6. The number of aryl methyl sites for hydroxylation is 1. The maximum absolute atomic E-state index is 13.8. The monoisotopic (exact) mass is 599 g/mol. The number of aromatic nitrogens is 3. The van der Waals surface area contributed by atoms with Crippen molar-refractivity contribution in [2.45, 2.75) is 149 Å². The summed E-state index contributed by atoms with van der Waals surface area (Å²) in [7, 11) is 0. The van der Waals surface area contributed by atoms with Crippen LogP contribution in [0.2, 0.25) is 0 Å². The molecule has 2 N–H and O–H groups in total. The van der Waals surface area contributed by atoms with E-state index in [1.165, 1.54) is 0 Å². The molecule has 2 aromatic rings. The molecule has 3 atom stereocenters. The Labute approximate surface area is 257 Å². The molecule has 0 aliphatic heterocycles. The quantitative estimate of drug-likeness (QED) is 0.289. The molecule has 43 heavy (non-hydrogen) atoms. The minimum atomic E-state index is -0.694. The van der Waals surface area contributed by atoms with E-state index in [1.54, 1.807) is 11.1 Å². The summed E-state index contributed by atoms with van der Waals surface area (Å²) in [6.45, 7) is 19.2. The van der Waals surface area contributed by atoms with Gasteiger partial charge in [0.15, 0.2) is 0 Å². The average molecular weight is 600 g/mol. The van der Waals surface area contributed by atoms with Crippen LogP contribution in [0.25, 0.3) is 0 Å². The topological polar surface area (TPSA) is 119 Å². The normalized spacial score (nSPS) is 18.3. The standard InChI is InChI=1S/C33H53N5O5/c1-22(35-29(40)42-32(5,6)7)13-11-12-14-24-20-25(17-18-34-24)37(30(41)43-33(8,9)10)28-21-27(23-15-16-26(39)19-23)36-38(28)31(2,3)4/h17-18,20-23,26,39H,11-16,19H2,1-10H3,(H,35,40)/t22-,23-,26+/m0/s1. The van der Waals surface area contributed by atoms with Crippen molar-refractivity contribution in [3.05, 3.63) is 35.8 Å². The molecule has 0 radical (unpaired) electrons. The number of nitrogens with zero attached hydrogens (tertiary/aromatic N) is 4. The van der Waals surface area contributed by atoms with Gasteiger partial charge in [-0.3, -0.25) is 4.98 Å². The van der Waals surface area contributed by atoms with Gasteiger partial charge in [0.2, 0.25) is 0 Å². The third-order valence-corrected chi connectivity index (χ3v) is 7.11. The van der Waals surface area contributed by atoms with Gasteiger partial charge >= 0.3 is 12.2 Å². The molecule has 10 heteroatoms. The van der Waals surface area contributed by atoms with Crippen molar-refractivity contribution in [3.8, 4) is 0 Å². The molecule has 0 bridgehead atoms. The number of hydrogen-bond acceptors (Lipinski definition) is 7. The van der Waals surface area contributed by atoms with Gasteiger partial charge in [0, 0.05) is 29.9 Å². The van der Waals surface area contributed by atoms with Gasteiger partial charge < -0.3 is 19.9 Å². The summed E-state index contributed by atoms with van der Waals surface area (Å²) >= 11 is 0. The van der Waals surface area contributed by atoms with E-state index in [0.29, 0.717) is 17.9 Å². The van der Waals surface area contributed by atoms with Crippen molar-refractivity contribution in [2.75, 3.05) is 4.90 Å². The van der Waals surface area contributed by atoms with Crippen LogP contribution in [0.1, 0.15) is 125 Å². The molecule has 1 fully saturated rings. The maximum Gasteiger partial charge on any atom is 0.420 e. The van der Waals surface area contributed by atoms with Crippen LogP contribution in [-0.4, -0.2) is 55.4 Å². The molecule has 240 valence electrons. The Morgan fingerprint density at radius 1 is 1.05 bits per heavy atom. The van der Waals surface area contributed by atoms with E-state index >= 15 is 0 Å². The summed E-state index contributed by atoms with van der Waals surface area (Å²) in [4.78, 5) is 32.0. The van der Waals surface area contributed by atoms with Crippen LogP contribution in [0.3, 0.4) is 0 Å². The molecule has 3 rings (SSSR count). The van der Waals surface area contributed by atoms with Gasteiger partial charge in [0.25, 0.3) is 0 Å². The van der Waals surface area contributed by atoms with Gasteiger partial charge in [-0.1, -0.05) is 6.42 Å². The first kappa shape index (κ1) is 34.4. The van der Waals surface area contributed by atoms with E-state index in [-0.39, 0.29) is 18.1 Å². The molecule has 0 spiro atoms. The van der Waals surface area contributed by atoms with Gasteiger partial charge in [0.05, 0.1) is 23.0 Å². The fourth-order valence-corrected chi connectivity index (χ4v) is 5.19. The van der Waals surface area contributed by atoms with Crippen molar-refractivity contribution in [1.29, 1.82) is 0 Å². The number of ether oxygens (including phenoxy) is 2. The van der Waals surface area contributed by atoms with Crippen molar-refractivity contribution in [1.82, 2.24) is 20.1 Å². The van der Waals surface area contributed by atoms with Crippen LogP contribution in [-0.2, 0) is 21.4 Å². The fourth-order valence-electron chi connectivity index (χ4n) is 5.19. The smallest absolute Gasteiger partial charge is 0.420 e. The van der Waals surface area contributed by atoms with E-state index in [2.05, 4.69) is 31.1 Å². The molecular formula is C33H53N5O5. The summed E-state index contributed by atoms with van der Waals surface area (Å²) in [5, 5.41) is 18.0. The molecule has 2 aromatic heterocycles. The SMILES string of the molecule is C[C@@H](CCCCc1cc(N(C(=O)OC(C)(C)C)c2cc([C@H]3CC[C@@H](O)C3)nn2C(C)(C)C)ccn1)NC(=O)OC(C)(C)C. The third kappa shape index (κ3) is 10.5. The van der Waals surface area contributed by atoms with Gasteiger partial charge in [-0.15, -0.1) is 0 Å². The number of aliphatic hydroxyl groups is 1. The molecule has 0 aromatic carbocycles. The second-order valence-corrected chi connectivity index (χ2v) is 14.8. The highest BCUT2D eigenvalue weighted by molar-refractivity contribution is 5.95. The number of carbonyl (C=O) groups is 2. The summed E-state index contributed by atoms with van der Waals surface area (Å²) in [5.74, 6) is 0.760. The minimum Gasteiger partial charge on any atom is -0.444 e. The average Bonchev–Trinajstić information content (AvgIpc) is 3.46. The molecule has 0 saturated heterocycles. The zero-order chi connectivity index (χ0) is 32.2. The number of carbonyl (C=O) groups excluding carboxylic acids is 2. The molecule has 10 nitrogen and oxygen atoms in total. The minimum absolute atomic E-state index is 0.00957. The maximum atomic E-state index is 13.8. The Hall–Kier alpha value is -3.14. The Balaban J connectivity index is 1.82.